The van der Waals surface area contributed by atoms with E-state index in [1.54, 1.807) is 36.3 Å². The molecule has 3 aromatic rings. The molecule has 2 aromatic heterocycles. The second-order valence-corrected chi connectivity index (χ2v) is 7.60. The number of carbonyl (C=O) groups is 1. The van der Waals surface area contributed by atoms with E-state index in [2.05, 4.69) is 20.5 Å². The highest BCUT2D eigenvalue weighted by molar-refractivity contribution is 6.30. The van der Waals surface area contributed by atoms with Gasteiger partial charge in [0.15, 0.2) is 0 Å². The van der Waals surface area contributed by atoms with Crippen LogP contribution >= 0.6 is 11.6 Å². The second-order valence-electron chi connectivity index (χ2n) is 7.16. The Hall–Kier alpha value is -3.10. The molecule has 1 amide bonds. The fraction of sp³-hybridized carbons (Fsp3) is 0.318. The Balaban J connectivity index is 1.34. The van der Waals surface area contributed by atoms with Crippen LogP contribution < -0.4 is 10.1 Å². The lowest BCUT2D eigenvalue weighted by Gasteiger charge is -2.32. The Morgan fingerprint density at radius 1 is 1.35 bits per heavy atom. The predicted octanol–water partition coefficient (Wildman–Crippen LogP) is 3.34. The van der Waals surface area contributed by atoms with Gasteiger partial charge >= 0.3 is 0 Å². The Labute approximate surface area is 185 Å². The van der Waals surface area contributed by atoms with Gasteiger partial charge in [-0.2, -0.15) is 5.10 Å². The molecule has 0 unspecified atom stereocenters. The van der Waals surface area contributed by atoms with Gasteiger partial charge in [-0.05, 0) is 36.4 Å². The van der Waals surface area contributed by atoms with Crippen molar-refractivity contribution in [3.8, 4) is 5.75 Å². The first-order valence-electron chi connectivity index (χ1n) is 10.1. The molecule has 31 heavy (non-hydrogen) atoms. The van der Waals surface area contributed by atoms with E-state index >= 15 is 0 Å². The molecule has 3 heterocycles. The largest absolute Gasteiger partial charge is 0.493 e. The number of halogens is 1. The van der Waals surface area contributed by atoms with Gasteiger partial charge in [0, 0.05) is 42.5 Å². The van der Waals surface area contributed by atoms with Crippen LogP contribution in [-0.4, -0.2) is 59.3 Å². The zero-order valence-corrected chi connectivity index (χ0v) is 17.9. The first kappa shape index (κ1) is 21.1. The maximum atomic E-state index is 12.9. The van der Waals surface area contributed by atoms with Crippen molar-refractivity contribution in [1.82, 2.24) is 20.1 Å². The third kappa shape index (κ3) is 5.34. The van der Waals surface area contributed by atoms with Crippen LogP contribution in [0.15, 0.2) is 48.7 Å². The van der Waals surface area contributed by atoms with Gasteiger partial charge in [-0.15, -0.1) is 0 Å². The molecule has 0 saturated carbocycles. The Morgan fingerprint density at radius 2 is 2.26 bits per heavy atom. The zero-order valence-electron chi connectivity index (χ0n) is 17.2. The third-order valence-electron chi connectivity index (χ3n) is 5.03. The fourth-order valence-corrected chi connectivity index (χ4v) is 3.58. The molecule has 0 aliphatic carbocycles. The van der Waals surface area contributed by atoms with E-state index in [0.717, 1.165) is 17.1 Å². The van der Waals surface area contributed by atoms with E-state index in [1.165, 1.54) is 0 Å². The molecule has 2 N–H and O–H groups in total. The monoisotopic (exact) mass is 441 g/mol. The quantitative estimate of drug-likeness (QED) is 0.584. The van der Waals surface area contributed by atoms with Crippen molar-refractivity contribution < 1.29 is 14.3 Å². The number of benzene rings is 1. The molecule has 1 fully saturated rings. The van der Waals surface area contributed by atoms with Gasteiger partial charge in [0.2, 0.25) is 0 Å². The van der Waals surface area contributed by atoms with E-state index in [0.29, 0.717) is 49.1 Å². The number of hydrogen-bond donors (Lipinski definition) is 2. The van der Waals surface area contributed by atoms with Crippen LogP contribution in [0.3, 0.4) is 0 Å². The molecule has 1 saturated heterocycles. The number of ether oxygens (including phenoxy) is 2. The number of carbonyl (C=O) groups excluding carboxylic acids is 1. The van der Waals surface area contributed by atoms with Gasteiger partial charge in [0.25, 0.3) is 5.91 Å². The average molecular weight is 442 g/mol. The Kier molecular flexibility index (Phi) is 6.69. The Morgan fingerprint density at radius 3 is 3.10 bits per heavy atom. The van der Waals surface area contributed by atoms with E-state index in [-0.39, 0.29) is 12.0 Å². The number of amides is 1. The summed E-state index contributed by atoms with van der Waals surface area (Å²) < 4.78 is 11.6. The second kappa shape index (κ2) is 9.80. The summed E-state index contributed by atoms with van der Waals surface area (Å²) in [6, 6.07) is 12.7. The number of aromatic nitrogens is 3. The molecular weight excluding hydrogens is 418 g/mol. The van der Waals surface area contributed by atoms with Crippen LogP contribution in [-0.2, 0) is 11.2 Å². The minimum atomic E-state index is -0.276. The van der Waals surface area contributed by atoms with Crippen LogP contribution in [0.5, 0.6) is 5.75 Å². The van der Waals surface area contributed by atoms with Gasteiger partial charge in [-0.1, -0.05) is 17.7 Å². The summed E-state index contributed by atoms with van der Waals surface area (Å²) in [6.07, 6.45) is 2.02. The molecule has 0 bridgehead atoms. The van der Waals surface area contributed by atoms with Gasteiger partial charge in [-0.25, -0.2) is 4.98 Å². The van der Waals surface area contributed by atoms with Crippen molar-refractivity contribution in [1.29, 1.82) is 0 Å². The van der Waals surface area contributed by atoms with E-state index in [9.17, 15) is 4.79 Å². The zero-order chi connectivity index (χ0) is 21.6. The van der Waals surface area contributed by atoms with Crippen LogP contribution in [0, 0.1) is 0 Å². The van der Waals surface area contributed by atoms with Crippen molar-refractivity contribution in [3.05, 3.63) is 70.6 Å². The minimum absolute atomic E-state index is 0.0436. The lowest BCUT2D eigenvalue weighted by molar-refractivity contribution is -0.0247. The van der Waals surface area contributed by atoms with Crippen LogP contribution in [0.25, 0.3) is 0 Å². The molecule has 1 atom stereocenters. The van der Waals surface area contributed by atoms with Crippen molar-refractivity contribution in [2.75, 3.05) is 38.7 Å². The lowest BCUT2D eigenvalue weighted by Crippen LogP contribution is -2.42. The smallest absolute Gasteiger partial charge is 0.254 e. The van der Waals surface area contributed by atoms with Crippen molar-refractivity contribution in [2.45, 2.75) is 12.5 Å². The summed E-state index contributed by atoms with van der Waals surface area (Å²) in [4.78, 5) is 18.9. The normalized spacial score (nSPS) is 16.2. The molecule has 4 rings (SSSR count). The number of nitrogens with one attached hydrogen (secondary N) is 2. The molecule has 1 aromatic carbocycles. The van der Waals surface area contributed by atoms with E-state index in [4.69, 9.17) is 21.1 Å². The molecule has 8 nitrogen and oxygen atoms in total. The van der Waals surface area contributed by atoms with Gasteiger partial charge in [0.05, 0.1) is 25.5 Å². The van der Waals surface area contributed by atoms with Gasteiger partial charge in [-0.3, -0.25) is 9.89 Å². The third-order valence-corrected chi connectivity index (χ3v) is 5.27. The SMILES string of the molecule is CNc1cc(C(=O)N2CCO[C@@H](c3cc(CCOc4cccc(Cl)c4)[nH]n3)C2)ccn1. The minimum Gasteiger partial charge on any atom is -0.493 e. The first-order chi connectivity index (χ1) is 15.1. The molecule has 0 spiro atoms. The van der Waals surface area contributed by atoms with Crippen LogP contribution in [0.2, 0.25) is 5.02 Å². The summed E-state index contributed by atoms with van der Waals surface area (Å²) in [5.74, 6) is 1.35. The number of H-pyrrole nitrogens is 1. The summed E-state index contributed by atoms with van der Waals surface area (Å²) in [5.41, 5.74) is 2.32. The summed E-state index contributed by atoms with van der Waals surface area (Å²) in [7, 11) is 1.77. The van der Waals surface area contributed by atoms with Crippen LogP contribution in [0.1, 0.15) is 27.8 Å². The predicted molar refractivity (Wildman–Crippen MR) is 118 cm³/mol. The van der Waals surface area contributed by atoms with Crippen LogP contribution in [0.4, 0.5) is 5.82 Å². The molecule has 1 aliphatic heterocycles. The number of pyridine rings is 1. The lowest BCUT2D eigenvalue weighted by atomic mass is 10.1. The maximum Gasteiger partial charge on any atom is 0.254 e. The molecule has 0 radical (unpaired) electrons. The maximum absolute atomic E-state index is 12.9. The van der Waals surface area contributed by atoms with Crippen molar-refractivity contribution >= 4 is 23.3 Å². The average Bonchev–Trinajstić information content (AvgIpc) is 3.28. The topological polar surface area (TPSA) is 92.4 Å². The van der Waals surface area contributed by atoms with Crippen molar-refractivity contribution in [3.63, 3.8) is 0 Å². The number of anilines is 1. The molecule has 1 aliphatic rings. The van der Waals surface area contributed by atoms with E-state index < -0.39 is 0 Å². The molecular formula is C22H24ClN5O3. The number of nitrogens with zero attached hydrogens (tertiary/aromatic N) is 3. The first-order valence-corrected chi connectivity index (χ1v) is 10.5. The standard InChI is InChI=1S/C22H24ClN5O3/c1-24-21-11-15(5-7-25-21)22(29)28-8-10-31-20(14-28)19-13-17(26-27-19)6-9-30-18-4-2-3-16(23)12-18/h2-5,7,11-13,20H,6,8-10,14H2,1H3,(H,24,25)(H,26,27)/t20-/m1/s1. The highest BCUT2D eigenvalue weighted by atomic mass is 35.5. The summed E-state index contributed by atoms with van der Waals surface area (Å²) in [6.45, 7) is 1.94. The van der Waals surface area contributed by atoms with Gasteiger partial charge < -0.3 is 19.7 Å². The number of aromatic amines is 1. The van der Waals surface area contributed by atoms with Crippen molar-refractivity contribution in [2.24, 2.45) is 0 Å². The van der Waals surface area contributed by atoms with Gasteiger partial charge in [0.1, 0.15) is 17.7 Å². The highest BCUT2D eigenvalue weighted by Gasteiger charge is 2.28. The summed E-state index contributed by atoms with van der Waals surface area (Å²) in [5, 5.41) is 11.0. The number of rotatable bonds is 7. The highest BCUT2D eigenvalue weighted by Crippen LogP contribution is 2.23. The Bertz CT molecular complexity index is 1040. The fourth-order valence-electron chi connectivity index (χ4n) is 3.40. The molecule has 9 heteroatoms. The molecule has 162 valence electrons. The summed E-state index contributed by atoms with van der Waals surface area (Å²) >= 11 is 5.97. The van der Waals surface area contributed by atoms with E-state index in [1.807, 2.05) is 24.3 Å². The number of morpholine rings is 1. The number of hydrogen-bond acceptors (Lipinski definition) is 6.